The van der Waals surface area contributed by atoms with Crippen molar-refractivity contribution < 1.29 is 19.1 Å². The van der Waals surface area contributed by atoms with Gasteiger partial charge in [-0.3, -0.25) is 0 Å². The van der Waals surface area contributed by atoms with Crippen molar-refractivity contribution in [1.82, 2.24) is 0 Å². The van der Waals surface area contributed by atoms with Gasteiger partial charge in [-0.05, 0) is 19.3 Å². The third kappa shape index (κ3) is 2.70. The summed E-state index contributed by atoms with van der Waals surface area (Å²) >= 11 is 0. The van der Waals surface area contributed by atoms with Gasteiger partial charge < -0.3 is 19.1 Å². The number of nitrogens with zero attached hydrogens (tertiary/aromatic N) is 1. The third-order valence-corrected chi connectivity index (χ3v) is 2.39. The van der Waals surface area contributed by atoms with E-state index >= 15 is 0 Å². The van der Waals surface area contributed by atoms with E-state index < -0.39 is 6.16 Å². The highest BCUT2D eigenvalue weighted by atomic mass is 16.7. The van der Waals surface area contributed by atoms with Crippen LogP contribution < -0.4 is 5.11 Å². The van der Waals surface area contributed by atoms with Crippen LogP contribution in [0.15, 0.2) is 0 Å². The van der Waals surface area contributed by atoms with E-state index in [1.807, 2.05) is 7.05 Å². The van der Waals surface area contributed by atoms with Crippen molar-refractivity contribution in [2.45, 2.75) is 19.3 Å². The van der Waals surface area contributed by atoms with Gasteiger partial charge in [0.15, 0.2) is 6.73 Å². The van der Waals surface area contributed by atoms with Crippen molar-refractivity contribution >= 4 is 6.16 Å². The van der Waals surface area contributed by atoms with E-state index in [-0.39, 0.29) is 6.73 Å². The van der Waals surface area contributed by atoms with Crippen LogP contribution in [0.25, 0.3) is 0 Å². The topological polar surface area (TPSA) is 49.4 Å². The Morgan fingerprint density at radius 3 is 2.50 bits per heavy atom. The molecule has 4 heteroatoms. The average Bonchev–Trinajstić information content (AvgIpc) is 2.03. The second-order valence-corrected chi connectivity index (χ2v) is 3.65. The van der Waals surface area contributed by atoms with Gasteiger partial charge in [-0.1, -0.05) is 0 Å². The predicted molar refractivity (Wildman–Crippen MR) is 41.1 cm³/mol. The van der Waals surface area contributed by atoms with Gasteiger partial charge in [0, 0.05) is 0 Å². The van der Waals surface area contributed by atoms with E-state index in [0.29, 0.717) is 4.48 Å². The molecule has 1 aliphatic heterocycles. The number of hydrogen-bond donors (Lipinski definition) is 0. The normalized spacial score (nSPS) is 21.8. The molecule has 4 nitrogen and oxygen atoms in total. The monoisotopic (exact) mass is 173 g/mol. The van der Waals surface area contributed by atoms with Crippen LogP contribution in [0.1, 0.15) is 19.3 Å². The zero-order valence-corrected chi connectivity index (χ0v) is 7.41. The minimum absolute atomic E-state index is 0.238. The van der Waals surface area contributed by atoms with Crippen LogP contribution in [0.2, 0.25) is 0 Å². The molecule has 0 aromatic carbocycles. The largest absolute Gasteiger partial charge is 0.501 e. The fraction of sp³-hybridized carbons (Fsp3) is 0.875. The summed E-state index contributed by atoms with van der Waals surface area (Å²) < 4.78 is 5.16. The van der Waals surface area contributed by atoms with E-state index in [9.17, 15) is 9.90 Å². The molecule has 1 heterocycles. The van der Waals surface area contributed by atoms with Gasteiger partial charge in [-0.15, -0.1) is 0 Å². The highest BCUT2D eigenvalue weighted by Gasteiger charge is 2.23. The lowest BCUT2D eigenvalue weighted by Gasteiger charge is -2.38. The zero-order chi connectivity index (χ0) is 9.03. The number of carbonyl (C=O) groups is 1. The Labute approximate surface area is 72.3 Å². The van der Waals surface area contributed by atoms with Crippen LogP contribution in [0, 0.1) is 0 Å². The molecule has 0 unspecified atom stereocenters. The van der Waals surface area contributed by atoms with E-state index in [1.54, 1.807) is 0 Å². The van der Waals surface area contributed by atoms with Crippen molar-refractivity contribution in [3.63, 3.8) is 0 Å². The fourth-order valence-corrected chi connectivity index (χ4v) is 1.61. The van der Waals surface area contributed by atoms with Crippen molar-refractivity contribution in [3.05, 3.63) is 0 Å². The van der Waals surface area contributed by atoms with Gasteiger partial charge in [-0.25, -0.2) is 0 Å². The van der Waals surface area contributed by atoms with Gasteiger partial charge in [0.05, 0.1) is 20.1 Å². The number of carbonyl (C=O) groups excluding carboxylic acids is 1. The molecule has 0 atom stereocenters. The third-order valence-electron chi connectivity index (χ3n) is 2.39. The Morgan fingerprint density at radius 2 is 2.00 bits per heavy atom. The predicted octanol–water partition coefficient (Wildman–Crippen LogP) is -0.0657. The quantitative estimate of drug-likeness (QED) is 0.434. The van der Waals surface area contributed by atoms with Gasteiger partial charge >= 0.3 is 0 Å². The van der Waals surface area contributed by atoms with Crippen LogP contribution in [0.3, 0.4) is 0 Å². The van der Waals surface area contributed by atoms with E-state index in [0.717, 1.165) is 25.9 Å². The van der Waals surface area contributed by atoms with Crippen LogP contribution in [0.4, 0.5) is 4.79 Å². The van der Waals surface area contributed by atoms with Gasteiger partial charge in [0.1, 0.15) is 0 Å². The molecule has 0 aromatic heterocycles. The summed E-state index contributed by atoms with van der Waals surface area (Å²) in [5.74, 6) is 0. The first kappa shape index (κ1) is 9.32. The lowest BCUT2D eigenvalue weighted by Crippen LogP contribution is -2.50. The molecule has 0 radical (unpaired) electrons. The Morgan fingerprint density at radius 1 is 1.42 bits per heavy atom. The molecule has 1 saturated heterocycles. The zero-order valence-electron chi connectivity index (χ0n) is 7.41. The second kappa shape index (κ2) is 3.76. The number of likely N-dealkylation sites (tertiary alicyclic amines) is 1. The minimum atomic E-state index is -1.42. The van der Waals surface area contributed by atoms with Gasteiger partial charge in [0.2, 0.25) is 0 Å². The van der Waals surface area contributed by atoms with Gasteiger partial charge in [-0.2, -0.15) is 0 Å². The van der Waals surface area contributed by atoms with Crippen LogP contribution in [-0.2, 0) is 4.74 Å². The molecule has 0 amide bonds. The molecular formula is C8H15NO3. The Kier molecular flexibility index (Phi) is 2.92. The summed E-state index contributed by atoms with van der Waals surface area (Å²) in [7, 11) is 2.02. The summed E-state index contributed by atoms with van der Waals surface area (Å²) in [5.41, 5.74) is 0. The summed E-state index contributed by atoms with van der Waals surface area (Å²) in [5, 5.41) is 10.0. The maximum absolute atomic E-state index is 10.0. The first-order chi connectivity index (χ1) is 5.62. The summed E-state index contributed by atoms with van der Waals surface area (Å²) in [6.07, 6.45) is 2.15. The average molecular weight is 173 g/mol. The van der Waals surface area contributed by atoms with Crippen molar-refractivity contribution in [1.29, 1.82) is 0 Å². The number of rotatable bonds is 2. The van der Waals surface area contributed by atoms with E-state index in [2.05, 4.69) is 4.74 Å². The van der Waals surface area contributed by atoms with E-state index in [4.69, 9.17) is 0 Å². The van der Waals surface area contributed by atoms with Crippen LogP contribution >= 0.6 is 0 Å². The second-order valence-electron chi connectivity index (χ2n) is 3.65. The van der Waals surface area contributed by atoms with E-state index in [1.165, 1.54) is 6.42 Å². The Hall–Kier alpha value is -0.770. The standard InChI is InChI=1S/C8H15NO3/c1-9(7-12-8(10)11)5-3-2-4-6-9/h2-7H2,1H3. The molecule has 0 saturated carbocycles. The lowest BCUT2D eigenvalue weighted by atomic mass is 10.1. The highest BCUT2D eigenvalue weighted by Crippen LogP contribution is 2.15. The number of ether oxygens (including phenoxy) is 1. The summed E-state index contributed by atoms with van der Waals surface area (Å²) in [4.78, 5) is 10.0. The van der Waals surface area contributed by atoms with Crippen LogP contribution in [-0.4, -0.2) is 37.5 Å². The molecule has 1 rings (SSSR count). The van der Waals surface area contributed by atoms with Gasteiger partial charge in [0.25, 0.3) is 6.16 Å². The number of quaternary nitrogens is 1. The Balaban J connectivity index is 2.31. The van der Waals surface area contributed by atoms with Crippen LogP contribution in [0.5, 0.6) is 0 Å². The molecule has 0 bridgehead atoms. The molecule has 0 N–H and O–H groups in total. The minimum Gasteiger partial charge on any atom is -0.501 e. The Bertz CT molecular complexity index is 164. The molecular weight excluding hydrogens is 158 g/mol. The molecule has 0 aliphatic carbocycles. The first-order valence-electron chi connectivity index (χ1n) is 4.30. The molecule has 1 fully saturated rings. The number of carboxylic acid groups (broad SMARTS) is 1. The molecule has 0 spiro atoms. The highest BCUT2D eigenvalue weighted by molar-refractivity contribution is 5.53. The summed E-state index contributed by atoms with van der Waals surface area (Å²) in [6, 6.07) is 0. The van der Waals surface area contributed by atoms with Crippen molar-refractivity contribution in [2.24, 2.45) is 0 Å². The maximum atomic E-state index is 10.0. The number of piperidine rings is 1. The summed E-state index contributed by atoms with van der Waals surface area (Å²) in [6.45, 7) is 2.25. The first-order valence-corrected chi connectivity index (χ1v) is 4.30. The SMILES string of the molecule is C[N+]1(COC(=O)[O-])CCCCC1. The van der Waals surface area contributed by atoms with Crippen molar-refractivity contribution in [3.8, 4) is 0 Å². The van der Waals surface area contributed by atoms with Crippen molar-refractivity contribution in [2.75, 3.05) is 26.9 Å². The molecule has 12 heavy (non-hydrogen) atoms. The molecule has 70 valence electrons. The lowest BCUT2D eigenvalue weighted by molar-refractivity contribution is -0.930. The molecule has 0 aromatic rings. The number of hydrogen-bond acceptors (Lipinski definition) is 3. The maximum Gasteiger partial charge on any atom is 0.256 e. The fourth-order valence-electron chi connectivity index (χ4n) is 1.61. The molecule has 1 aliphatic rings. The smallest absolute Gasteiger partial charge is 0.256 e.